The Morgan fingerprint density at radius 1 is 1.24 bits per heavy atom. The molecule has 3 N–H and O–H groups in total. The van der Waals surface area contributed by atoms with Gasteiger partial charge in [-0.05, 0) is 18.9 Å². The molecule has 0 aliphatic carbocycles. The van der Waals surface area contributed by atoms with Crippen LogP contribution in [0.2, 0.25) is 0 Å². The maximum atomic E-state index is 5.95. The monoisotopic (exact) mass is 249 g/mol. The predicted molar refractivity (Wildman–Crippen MR) is 74.6 cm³/mol. The van der Waals surface area contributed by atoms with Crippen molar-refractivity contribution in [3.05, 3.63) is 30.5 Å². The number of fused-ring (bicyclic) bond motifs is 1. The number of aromatic nitrogens is 1. The van der Waals surface area contributed by atoms with E-state index in [-0.39, 0.29) is 0 Å². The van der Waals surface area contributed by atoms with Crippen LogP contribution < -0.4 is 11.1 Å². The van der Waals surface area contributed by atoms with E-state index in [0.717, 1.165) is 36.0 Å². The number of nitrogens with two attached hydrogens (primary N) is 1. The van der Waals surface area contributed by atoms with E-state index in [0.29, 0.717) is 11.6 Å². The van der Waals surface area contributed by atoms with Gasteiger partial charge in [0, 0.05) is 17.8 Å². The predicted octanol–water partition coefficient (Wildman–Crippen LogP) is 3.25. The number of nitrogens with zero attached hydrogens (tertiary/aromatic N) is 1. The van der Waals surface area contributed by atoms with Crippen molar-refractivity contribution in [3.63, 3.8) is 0 Å². The third kappa shape index (κ3) is 2.80. The Hall–Kier alpha value is -1.48. The van der Waals surface area contributed by atoms with Crippen molar-refractivity contribution in [1.82, 2.24) is 4.98 Å². The molecular weight excluding hydrogens is 234 g/mol. The molecule has 3 nitrogen and oxygen atoms in total. The minimum absolute atomic E-state index is 0.689. The van der Waals surface area contributed by atoms with Crippen LogP contribution in [0.1, 0.15) is 12.8 Å². The van der Waals surface area contributed by atoms with Gasteiger partial charge in [-0.15, -0.1) is 11.6 Å². The molecule has 4 heteroatoms. The molecule has 0 aliphatic heterocycles. The molecule has 1 aromatic heterocycles. The van der Waals surface area contributed by atoms with Crippen molar-refractivity contribution in [2.45, 2.75) is 12.8 Å². The highest BCUT2D eigenvalue weighted by Gasteiger charge is 2.04. The fourth-order valence-corrected chi connectivity index (χ4v) is 1.98. The second-order valence-electron chi connectivity index (χ2n) is 3.93. The van der Waals surface area contributed by atoms with E-state index in [4.69, 9.17) is 17.3 Å². The Kier molecular flexibility index (Phi) is 4.04. The molecule has 0 atom stereocenters. The lowest BCUT2D eigenvalue weighted by Crippen LogP contribution is -2.05. The Balaban J connectivity index is 2.22. The molecule has 90 valence electrons. The van der Waals surface area contributed by atoms with Crippen molar-refractivity contribution in [1.29, 1.82) is 0 Å². The second-order valence-corrected chi connectivity index (χ2v) is 4.31. The SMILES string of the molecule is Nc1cnc2ccccc2c1NCCCCCl. The average molecular weight is 250 g/mol. The Labute approximate surface area is 106 Å². The molecule has 0 amide bonds. The van der Waals surface area contributed by atoms with Gasteiger partial charge in [0.1, 0.15) is 0 Å². The molecule has 0 fully saturated rings. The van der Waals surface area contributed by atoms with Crippen molar-refractivity contribution >= 4 is 33.9 Å². The number of halogens is 1. The summed E-state index contributed by atoms with van der Waals surface area (Å²) in [6, 6.07) is 7.98. The van der Waals surface area contributed by atoms with Gasteiger partial charge in [0.15, 0.2) is 0 Å². The van der Waals surface area contributed by atoms with Crippen molar-refractivity contribution in [2.24, 2.45) is 0 Å². The number of anilines is 2. The Morgan fingerprint density at radius 2 is 2.06 bits per heavy atom. The number of unbranched alkanes of at least 4 members (excludes halogenated alkanes) is 1. The van der Waals surface area contributed by atoms with Crippen LogP contribution in [0.15, 0.2) is 30.5 Å². The summed E-state index contributed by atoms with van der Waals surface area (Å²) in [6.07, 6.45) is 3.75. The van der Waals surface area contributed by atoms with Gasteiger partial charge in [0.25, 0.3) is 0 Å². The number of hydrogen-bond acceptors (Lipinski definition) is 3. The highest BCUT2D eigenvalue weighted by atomic mass is 35.5. The maximum absolute atomic E-state index is 5.95. The number of nitrogen functional groups attached to an aromatic ring is 1. The first-order valence-electron chi connectivity index (χ1n) is 5.76. The number of rotatable bonds is 5. The largest absolute Gasteiger partial charge is 0.396 e. The highest BCUT2D eigenvalue weighted by molar-refractivity contribution is 6.17. The molecule has 0 spiro atoms. The fourth-order valence-electron chi connectivity index (χ4n) is 1.79. The van der Waals surface area contributed by atoms with E-state index in [1.807, 2.05) is 24.3 Å². The van der Waals surface area contributed by atoms with Crippen molar-refractivity contribution in [2.75, 3.05) is 23.5 Å². The zero-order valence-electron chi connectivity index (χ0n) is 9.62. The molecule has 0 bridgehead atoms. The summed E-state index contributed by atoms with van der Waals surface area (Å²) < 4.78 is 0. The maximum Gasteiger partial charge on any atom is 0.0743 e. The molecule has 1 heterocycles. The number of benzene rings is 1. The standard InChI is InChI=1S/C13H16ClN3/c14-7-3-4-8-16-13-10-5-1-2-6-12(10)17-9-11(13)15/h1-2,5-6,9H,3-4,7-8,15H2,(H,16,17). The Bertz CT molecular complexity index is 499. The van der Waals surface area contributed by atoms with E-state index < -0.39 is 0 Å². The highest BCUT2D eigenvalue weighted by Crippen LogP contribution is 2.27. The van der Waals surface area contributed by atoms with Crippen LogP contribution in [0.4, 0.5) is 11.4 Å². The van der Waals surface area contributed by atoms with Crippen LogP contribution in [0.25, 0.3) is 10.9 Å². The third-order valence-corrected chi connectivity index (χ3v) is 2.93. The van der Waals surface area contributed by atoms with Crippen LogP contribution in [-0.2, 0) is 0 Å². The summed E-state index contributed by atoms with van der Waals surface area (Å²) >= 11 is 5.65. The van der Waals surface area contributed by atoms with Crippen molar-refractivity contribution < 1.29 is 0 Å². The van der Waals surface area contributed by atoms with Crippen LogP contribution in [0.5, 0.6) is 0 Å². The topological polar surface area (TPSA) is 50.9 Å². The average Bonchev–Trinajstić information content (AvgIpc) is 2.37. The van der Waals surface area contributed by atoms with Gasteiger partial charge in [-0.3, -0.25) is 4.98 Å². The summed E-state index contributed by atoms with van der Waals surface area (Å²) in [5.74, 6) is 0.703. The zero-order chi connectivity index (χ0) is 12.1. The molecule has 2 rings (SSSR count). The lowest BCUT2D eigenvalue weighted by molar-refractivity contribution is 0.840. The van der Waals surface area contributed by atoms with E-state index in [1.165, 1.54) is 0 Å². The normalized spacial score (nSPS) is 10.6. The quantitative estimate of drug-likeness (QED) is 0.632. The van der Waals surface area contributed by atoms with E-state index >= 15 is 0 Å². The van der Waals surface area contributed by atoms with Gasteiger partial charge in [0.05, 0.1) is 23.1 Å². The van der Waals surface area contributed by atoms with Gasteiger partial charge in [0.2, 0.25) is 0 Å². The van der Waals surface area contributed by atoms with E-state index in [9.17, 15) is 0 Å². The van der Waals surface area contributed by atoms with E-state index in [1.54, 1.807) is 6.20 Å². The first-order chi connectivity index (χ1) is 8.33. The summed E-state index contributed by atoms with van der Waals surface area (Å²) in [4.78, 5) is 4.30. The molecule has 1 aromatic carbocycles. The summed E-state index contributed by atoms with van der Waals surface area (Å²) in [6.45, 7) is 0.880. The zero-order valence-corrected chi connectivity index (χ0v) is 10.4. The number of alkyl halides is 1. The fraction of sp³-hybridized carbons (Fsp3) is 0.308. The van der Waals surface area contributed by atoms with E-state index in [2.05, 4.69) is 10.3 Å². The lowest BCUT2D eigenvalue weighted by atomic mass is 10.1. The number of nitrogens with one attached hydrogen (secondary N) is 1. The first-order valence-corrected chi connectivity index (χ1v) is 6.29. The van der Waals surface area contributed by atoms with Gasteiger partial charge in [-0.25, -0.2) is 0 Å². The van der Waals surface area contributed by atoms with Gasteiger partial charge < -0.3 is 11.1 Å². The third-order valence-electron chi connectivity index (χ3n) is 2.67. The summed E-state index contributed by atoms with van der Waals surface area (Å²) in [5, 5.41) is 4.44. The van der Waals surface area contributed by atoms with Crippen LogP contribution in [0, 0.1) is 0 Å². The van der Waals surface area contributed by atoms with Crippen LogP contribution >= 0.6 is 11.6 Å². The molecular formula is C13H16ClN3. The molecule has 0 aliphatic rings. The molecule has 0 radical (unpaired) electrons. The van der Waals surface area contributed by atoms with Crippen LogP contribution in [0.3, 0.4) is 0 Å². The van der Waals surface area contributed by atoms with Crippen LogP contribution in [-0.4, -0.2) is 17.4 Å². The minimum atomic E-state index is 0.689. The second kappa shape index (κ2) is 5.73. The van der Waals surface area contributed by atoms with Gasteiger partial charge >= 0.3 is 0 Å². The molecule has 2 aromatic rings. The molecule has 0 saturated heterocycles. The lowest BCUT2D eigenvalue weighted by Gasteiger charge is -2.11. The minimum Gasteiger partial charge on any atom is -0.396 e. The Morgan fingerprint density at radius 3 is 2.88 bits per heavy atom. The molecule has 0 saturated carbocycles. The summed E-state index contributed by atoms with van der Waals surface area (Å²) in [5.41, 5.74) is 8.58. The van der Waals surface area contributed by atoms with Gasteiger partial charge in [-0.2, -0.15) is 0 Å². The molecule has 17 heavy (non-hydrogen) atoms. The van der Waals surface area contributed by atoms with Gasteiger partial charge in [-0.1, -0.05) is 18.2 Å². The number of hydrogen-bond donors (Lipinski definition) is 2. The number of para-hydroxylation sites is 1. The first kappa shape index (κ1) is 12.0. The number of pyridine rings is 1. The summed E-state index contributed by atoms with van der Waals surface area (Å²) in [7, 11) is 0. The smallest absolute Gasteiger partial charge is 0.0743 e. The molecule has 0 unspecified atom stereocenters. The van der Waals surface area contributed by atoms with Crippen molar-refractivity contribution in [3.8, 4) is 0 Å².